The lowest BCUT2D eigenvalue weighted by atomic mass is 9.92. The molecule has 3 saturated heterocycles. The highest BCUT2D eigenvalue weighted by Crippen LogP contribution is 2.46. The molecule has 16 nitrogen and oxygen atoms in total. The van der Waals surface area contributed by atoms with Gasteiger partial charge in [0.1, 0.15) is 5.02 Å². The molecule has 7 heterocycles. The number of hydrogen-bond acceptors (Lipinski definition) is 12. The van der Waals surface area contributed by atoms with Crippen LogP contribution in [0.25, 0.3) is 21.8 Å². The maximum absolute atomic E-state index is 15.2. The third-order valence-electron chi connectivity index (χ3n) is 13.4. The van der Waals surface area contributed by atoms with E-state index in [9.17, 15) is 19.2 Å². The molecule has 1 saturated carbocycles. The maximum atomic E-state index is 15.2. The van der Waals surface area contributed by atoms with Crippen molar-refractivity contribution in [2.45, 2.75) is 56.4 Å². The summed E-state index contributed by atoms with van der Waals surface area (Å²) in [6, 6.07) is 9.74. The first-order valence-corrected chi connectivity index (χ1v) is 22.0. The summed E-state index contributed by atoms with van der Waals surface area (Å²) >= 11 is 6.62. The molecule has 19 heteroatoms. The Labute approximate surface area is 365 Å². The molecule has 3 amide bonds. The zero-order chi connectivity index (χ0) is 43.7. The summed E-state index contributed by atoms with van der Waals surface area (Å²) < 4.78 is 38.9. The van der Waals surface area contributed by atoms with E-state index in [4.69, 9.17) is 21.3 Å². The lowest BCUT2D eigenvalue weighted by molar-refractivity contribution is -0.134. The van der Waals surface area contributed by atoms with Gasteiger partial charge >= 0.3 is 5.92 Å². The number of carbonyl (C=O) groups is 3. The summed E-state index contributed by atoms with van der Waals surface area (Å²) in [6.07, 6.45) is 5.47. The van der Waals surface area contributed by atoms with Crippen LogP contribution in [0, 0.1) is 11.8 Å². The molecular formula is C44H48ClF2N11O5. The monoisotopic (exact) mass is 883 g/mol. The van der Waals surface area contributed by atoms with E-state index in [-0.39, 0.29) is 41.5 Å². The number of piperidine rings is 2. The Morgan fingerprint density at radius 2 is 1.76 bits per heavy atom. The zero-order valence-electron chi connectivity index (χ0n) is 35.0. The minimum atomic E-state index is -3.14. The number of aryl methyl sites for hydroxylation is 2. The number of para-hydroxylation sites is 1. The van der Waals surface area contributed by atoms with Gasteiger partial charge in [0.15, 0.2) is 12.4 Å². The van der Waals surface area contributed by atoms with Crippen LogP contribution in [0.15, 0.2) is 47.4 Å². The number of benzene rings is 2. The Morgan fingerprint density at radius 3 is 2.51 bits per heavy atom. The molecule has 1 unspecified atom stereocenters. The van der Waals surface area contributed by atoms with Crippen LogP contribution in [0.2, 0.25) is 5.02 Å². The number of halogens is 3. The summed E-state index contributed by atoms with van der Waals surface area (Å²) in [6.45, 7) is 4.28. The number of amides is 3. The van der Waals surface area contributed by atoms with Crippen LogP contribution in [0.1, 0.15) is 60.5 Å². The molecule has 10 rings (SSSR count). The number of nitrogens with zero attached hydrogens (tertiary/aromatic N) is 8. The van der Waals surface area contributed by atoms with E-state index in [2.05, 4.69) is 35.8 Å². The van der Waals surface area contributed by atoms with Gasteiger partial charge in [0.05, 0.1) is 46.1 Å². The molecule has 3 aromatic heterocycles. The molecular weight excluding hydrogens is 836 g/mol. The van der Waals surface area contributed by atoms with Crippen LogP contribution in [0.5, 0.6) is 5.75 Å². The molecule has 3 N–H and O–H groups in total. The number of anilines is 4. The molecule has 2 atom stereocenters. The number of imide groups is 1. The maximum Gasteiger partial charge on any atom is 0.301 e. The van der Waals surface area contributed by atoms with Crippen molar-refractivity contribution in [2.75, 3.05) is 68.0 Å². The molecule has 0 bridgehead atoms. The third kappa shape index (κ3) is 7.70. The minimum Gasteiger partial charge on any atom is -0.480 e. The molecule has 0 spiro atoms. The largest absolute Gasteiger partial charge is 0.480 e. The first-order valence-electron chi connectivity index (χ1n) is 21.6. The van der Waals surface area contributed by atoms with Crippen LogP contribution in [-0.4, -0.2) is 116 Å². The van der Waals surface area contributed by atoms with Gasteiger partial charge in [-0.05, 0) is 68.2 Å². The van der Waals surface area contributed by atoms with Gasteiger partial charge in [-0.2, -0.15) is 10.1 Å². The van der Waals surface area contributed by atoms with E-state index in [1.165, 1.54) is 4.57 Å². The number of piperazine rings is 1. The van der Waals surface area contributed by atoms with Gasteiger partial charge < -0.3 is 29.7 Å². The fraction of sp³-hybridized carbons (Fsp3) is 0.477. The molecule has 1 aliphatic carbocycles. The molecule has 0 radical (unpaired) electrons. The van der Waals surface area contributed by atoms with Gasteiger partial charge in [0.25, 0.3) is 11.5 Å². The van der Waals surface area contributed by atoms with Crippen molar-refractivity contribution in [3.63, 3.8) is 0 Å². The standard InChI is InChI=1S/C44H48ClF2N11O5/c1-54-32-10-8-26(20-30(32)35-37(42(54)62)63-23-44(46,47)38(51-35)25-6-7-25)49-39-31(45)21-48-43(52-39)58-14-12-24(13-15-58)22-56-16-18-57(19-17-56)41(61)29-5-3-4-27-34(53-55(2)36(27)29)28-9-11-33(59)50-40(28)60/h3-5,8,10,20-21,24-25,28,38,51H,6-7,9,11-19,22-23H2,1-2H3,(H,48,49,52)(H,50,59,60)/t28?,38-/m0/s1. The molecule has 330 valence electrons. The lowest BCUT2D eigenvalue weighted by Gasteiger charge is -2.39. The van der Waals surface area contributed by atoms with Crippen molar-refractivity contribution in [3.05, 3.63) is 69.2 Å². The number of ether oxygens (including phenoxy) is 1. The fourth-order valence-corrected chi connectivity index (χ4v) is 9.89. The Bertz CT molecular complexity index is 2720. The topological polar surface area (TPSA) is 172 Å². The van der Waals surface area contributed by atoms with Crippen LogP contribution < -0.4 is 31.1 Å². The van der Waals surface area contributed by atoms with Gasteiger partial charge in [-0.25, -0.2) is 13.8 Å². The Kier molecular flexibility index (Phi) is 10.5. The Hall–Kier alpha value is -5.88. The fourth-order valence-electron chi connectivity index (χ4n) is 9.75. The van der Waals surface area contributed by atoms with E-state index >= 15 is 8.78 Å². The third-order valence-corrected chi connectivity index (χ3v) is 13.6. The predicted molar refractivity (Wildman–Crippen MR) is 233 cm³/mol. The summed E-state index contributed by atoms with van der Waals surface area (Å²) in [5, 5.41) is 15.0. The number of alkyl halides is 2. The lowest BCUT2D eigenvalue weighted by Crippen LogP contribution is -2.50. The number of rotatable bonds is 8. The SMILES string of the molecule is Cn1nc(C2CCC(=O)NC2=O)c2cccc(C(=O)N3CCN(CC4CCN(c5ncc(Cl)c(Nc6ccc7c(c6)c6c(c(=O)n7C)OCC(F)(F)[C@H](C7CC7)N6)n5)CC4)CC3)c21. The van der Waals surface area contributed by atoms with Crippen molar-refractivity contribution in [2.24, 2.45) is 25.9 Å². The second-order valence-corrected chi connectivity index (χ2v) is 17.9. The highest BCUT2D eigenvalue weighted by Gasteiger charge is 2.51. The molecule has 4 fully saturated rings. The summed E-state index contributed by atoms with van der Waals surface area (Å²) in [7, 11) is 3.38. The second-order valence-electron chi connectivity index (χ2n) is 17.5. The molecule has 4 aliphatic heterocycles. The number of fused-ring (bicyclic) bond motifs is 4. The average Bonchev–Trinajstić information content (AvgIpc) is 4.08. The molecule has 5 aromatic rings. The van der Waals surface area contributed by atoms with Crippen molar-refractivity contribution >= 4 is 74.3 Å². The zero-order valence-corrected chi connectivity index (χ0v) is 35.8. The number of nitrogens with one attached hydrogen (secondary N) is 3. The molecule has 5 aliphatic rings. The normalized spacial score (nSPS) is 22.0. The van der Waals surface area contributed by atoms with E-state index < -0.39 is 30.0 Å². The van der Waals surface area contributed by atoms with Gasteiger partial charge in [0, 0.05) is 82.8 Å². The van der Waals surface area contributed by atoms with E-state index in [1.807, 2.05) is 23.1 Å². The van der Waals surface area contributed by atoms with Crippen molar-refractivity contribution in [1.82, 2.24) is 39.4 Å². The molecule has 2 aromatic carbocycles. The first-order chi connectivity index (χ1) is 30.3. The van der Waals surface area contributed by atoms with E-state index in [0.29, 0.717) is 88.4 Å². The second kappa shape index (κ2) is 16.0. The van der Waals surface area contributed by atoms with Crippen LogP contribution in [0.4, 0.5) is 31.9 Å². The number of carbonyl (C=O) groups excluding carboxylic acids is 3. The summed E-state index contributed by atoms with van der Waals surface area (Å²) in [5.41, 5.74) is 2.77. The minimum absolute atomic E-state index is 0.0638. The Morgan fingerprint density at radius 1 is 0.984 bits per heavy atom. The van der Waals surface area contributed by atoms with Crippen molar-refractivity contribution < 1.29 is 27.9 Å². The summed E-state index contributed by atoms with van der Waals surface area (Å²) in [5.74, 6) is -3.30. The van der Waals surface area contributed by atoms with Gasteiger partial charge in [0.2, 0.25) is 23.5 Å². The van der Waals surface area contributed by atoms with Gasteiger partial charge in [-0.1, -0.05) is 23.7 Å². The van der Waals surface area contributed by atoms with Crippen LogP contribution in [-0.2, 0) is 23.7 Å². The van der Waals surface area contributed by atoms with Crippen LogP contribution >= 0.6 is 11.6 Å². The average molecular weight is 884 g/mol. The number of hydrogen-bond donors (Lipinski definition) is 3. The highest BCUT2D eigenvalue weighted by atomic mass is 35.5. The smallest absolute Gasteiger partial charge is 0.301 e. The summed E-state index contributed by atoms with van der Waals surface area (Å²) in [4.78, 5) is 67.5. The predicted octanol–water partition coefficient (Wildman–Crippen LogP) is 5.03. The van der Waals surface area contributed by atoms with Gasteiger partial charge in [-0.3, -0.25) is 34.1 Å². The van der Waals surface area contributed by atoms with Crippen LogP contribution in [0.3, 0.4) is 0 Å². The van der Waals surface area contributed by atoms with Crippen molar-refractivity contribution in [3.8, 4) is 5.75 Å². The highest BCUT2D eigenvalue weighted by molar-refractivity contribution is 6.33. The van der Waals surface area contributed by atoms with E-state index in [0.717, 1.165) is 51.0 Å². The number of aromatic nitrogens is 5. The van der Waals surface area contributed by atoms with Crippen molar-refractivity contribution in [1.29, 1.82) is 0 Å². The van der Waals surface area contributed by atoms with Gasteiger partial charge in [-0.15, -0.1) is 0 Å². The first kappa shape index (κ1) is 41.1. The quantitative estimate of drug-likeness (QED) is 0.178. The Balaban J connectivity index is 0.764. The molecule has 63 heavy (non-hydrogen) atoms. The van der Waals surface area contributed by atoms with E-state index in [1.54, 1.807) is 43.2 Å². The number of pyridine rings is 1.